The van der Waals surface area contributed by atoms with E-state index in [0.29, 0.717) is 6.42 Å². The van der Waals surface area contributed by atoms with Crippen LogP contribution >= 0.6 is 0 Å². The van der Waals surface area contributed by atoms with Crippen molar-refractivity contribution in [2.75, 3.05) is 14.2 Å². The molecule has 0 saturated heterocycles. The van der Waals surface area contributed by atoms with Gasteiger partial charge in [0.15, 0.2) is 0 Å². The zero-order valence-corrected chi connectivity index (χ0v) is 11.4. The van der Waals surface area contributed by atoms with Gasteiger partial charge in [0.1, 0.15) is 5.75 Å². The van der Waals surface area contributed by atoms with Crippen LogP contribution < -0.4 is 10.1 Å². The first kappa shape index (κ1) is 15.0. The molecule has 0 aliphatic heterocycles. The molecule has 1 atom stereocenters. The second-order valence-electron chi connectivity index (χ2n) is 4.03. The fraction of sp³-hybridized carbons (Fsp3) is 0.429. The summed E-state index contributed by atoms with van der Waals surface area (Å²) in [7, 11) is 2.91. The topological polar surface area (TPSA) is 64.6 Å². The highest BCUT2D eigenvalue weighted by molar-refractivity contribution is 5.77. The molecule has 1 rings (SSSR count). The van der Waals surface area contributed by atoms with Crippen LogP contribution in [-0.4, -0.2) is 26.1 Å². The van der Waals surface area contributed by atoms with Crippen molar-refractivity contribution in [3.05, 3.63) is 29.8 Å². The lowest BCUT2D eigenvalue weighted by atomic mass is 10.0. The van der Waals surface area contributed by atoms with Crippen LogP contribution in [0.4, 0.5) is 0 Å². The van der Waals surface area contributed by atoms with Gasteiger partial charge in [0.05, 0.1) is 26.7 Å². The largest absolute Gasteiger partial charge is 0.497 e. The Bertz CT molecular complexity index is 410. The maximum atomic E-state index is 11.5. The third-order valence-electron chi connectivity index (χ3n) is 2.77. The number of methoxy groups -OCH3 is 2. The molecule has 0 bridgehead atoms. The molecule has 1 amide bonds. The Labute approximate surface area is 112 Å². The zero-order chi connectivity index (χ0) is 14.3. The lowest BCUT2D eigenvalue weighted by Gasteiger charge is -2.18. The third kappa shape index (κ3) is 4.62. The second-order valence-corrected chi connectivity index (χ2v) is 4.03. The summed E-state index contributed by atoms with van der Waals surface area (Å²) in [4.78, 5) is 22.9. The fourth-order valence-electron chi connectivity index (χ4n) is 1.63. The summed E-state index contributed by atoms with van der Waals surface area (Å²) in [6, 6.07) is 6.84. The minimum Gasteiger partial charge on any atom is -0.497 e. The Morgan fingerprint density at radius 1 is 1.21 bits per heavy atom. The molecule has 0 saturated carbocycles. The van der Waals surface area contributed by atoms with Crippen LogP contribution in [0, 0.1) is 0 Å². The highest BCUT2D eigenvalue weighted by Gasteiger charge is 2.18. The van der Waals surface area contributed by atoms with Crippen LogP contribution in [0.1, 0.15) is 31.4 Å². The van der Waals surface area contributed by atoms with E-state index in [-0.39, 0.29) is 24.3 Å². The molecule has 1 aromatic rings. The van der Waals surface area contributed by atoms with Gasteiger partial charge < -0.3 is 14.8 Å². The Hall–Kier alpha value is -2.04. The average molecular weight is 265 g/mol. The van der Waals surface area contributed by atoms with Crippen molar-refractivity contribution in [3.8, 4) is 5.75 Å². The number of esters is 1. The minimum atomic E-state index is -0.384. The van der Waals surface area contributed by atoms with Gasteiger partial charge >= 0.3 is 5.97 Å². The quantitative estimate of drug-likeness (QED) is 0.797. The summed E-state index contributed by atoms with van der Waals surface area (Å²) in [6.45, 7) is 1.76. The molecule has 0 radical (unpaired) electrons. The summed E-state index contributed by atoms with van der Waals surface area (Å²) >= 11 is 0. The number of benzene rings is 1. The van der Waals surface area contributed by atoms with E-state index in [1.54, 1.807) is 26.2 Å². The number of nitrogens with one attached hydrogen (secondary N) is 1. The van der Waals surface area contributed by atoms with E-state index < -0.39 is 0 Å². The number of amides is 1. The van der Waals surface area contributed by atoms with E-state index in [1.165, 1.54) is 7.11 Å². The van der Waals surface area contributed by atoms with Crippen LogP contribution in [0.15, 0.2) is 24.3 Å². The summed E-state index contributed by atoms with van der Waals surface area (Å²) in [5, 5.41) is 2.81. The van der Waals surface area contributed by atoms with Gasteiger partial charge in [-0.1, -0.05) is 19.1 Å². The molecule has 0 heterocycles. The highest BCUT2D eigenvalue weighted by atomic mass is 16.5. The van der Waals surface area contributed by atoms with Gasteiger partial charge in [-0.3, -0.25) is 9.59 Å². The SMILES string of the molecule is CCC(=O)NC(CC(=O)OC)c1ccc(OC)cc1. The molecule has 0 aliphatic carbocycles. The molecule has 5 heteroatoms. The molecule has 19 heavy (non-hydrogen) atoms. The molecule has 104 valence electrons. The van der Waals surface area contributed by atoms with Crippen molar-refractivity contribution in [2.45, 2.75) is 25.8 Å². The second kappa shape index (κ2) is 7.41. The van der Waals surface area contributed by atoms with Crippen LogP contribution in [-0.2, 0) is 14.3 Å². The molecule has 0 aromatic heterocycles. The Balaban J connectivity index is 2.86. The Morgan fingerprint density at radius 2 is 1.84 bits per heavy atom. The number of rotatable bonds is 6. The maximum absolute atomic E-state index is 11.5. The zero-order valence-electron chi connectivity index (χ0n) is 11.4. The number of carbonyl (C=O) groups excluding carboxylic acids is 2. The smallest absolute Gasteiger partial charge is 0.307 e. The standard InChI is InChI=1S/C14H19NO4/c1-4-13(16)15-12(9-14(17)19-3)10-5-7-11(18-2)8-6-10/h5-8,12H,4,9H2,1-3H3,(H,15,16). The summed E-state index contributed by atoms with van der Waals surface area (Å²) in [5.41, 5.74) is 0.841. The predicted octanol–water partition coefficient (Wildman–Crippen LogP) is 1.83. The van der Waals surface area contributed by atoms with Gasteiger partial charge in [-0.25, -0.2) is 0 Å². The van der Waals surface area contributed by atoms with Crippen LogP contribution in [0.2, 0.25) is 0 Å². The summed E-state index contributed by atoms with van der Waals surface area (Å²) in [6.07, 6.45) is 0.475. The van der Waals surface area contributed by atoms with Crippen LogP contribution in [0.3, 0.4) is 0 Å². The van der Waals surface area contributed by atoms with Gasteiger partial charge in [0, 0.05) is 6.42 Å². The monoisotopic (exact) mass is 265 g/mol. The maximum Gasteiger partial charge on any atom is 0.307 e. The van der Waals surface area contributed by atoms with Gasteiger partial charge in [-0.15, -0.1) is 0 Å². The van der Waals surface area contributed by atoms with Gasteiger partial charge in [0.2, 0.25) is 5.91 Å². The van der Waals surface area contributed by atoms with Crippen LogP contribution in [0.5, 0.6) is 5.75 Å². The molecular formula is C14H19NO4. The van der Waals surface area contributed by atoms with Gasteiger partial charge in [-0.2, -0.15) is 0 Å². The van der Waals surface area contributed by atoms with E-state index in [9.17, 15) is 9.59 Å². The van der Waals surface area contributed by atoms with E-state index in [4.69, 9.17) is 4.74 Å². The number of ether oxygens (including phenoxy) is 2. The molecule has 1 unspecified atom stereocenters. The highest BCUT2D eigenvalue weighted by Crippen LogP contribution is 2.20. The predicted molar refractivity (Wildman–Crippen MR) is 70.8 cm³/mol. The first-order valence-corrected chi connectivity index (χ1v) is 6.10. The van der Waals surface area contributed by atoms with E-state index >= 15 is 0 Å². The van der Waals surface area contributed by atoms with Gasteiger partial charge in [0.25, 0.3) is 0 Å². The minimum absolute atomic E-state index is 0.106. The molecule has 1 N–H and O–H groups in total. The molecule has 0 spiro atoms. The first-order valence-electron chi connectivity index (χ1n) is 6.10. The normalized spacial score (nSPS) is 11.5. The molecule has 5 nitrogen and oxygen atoms in total. The number of hydrogen-bond donors (Lipinski definition) is 1. The van der Waals surface area contributed by atoms with Crippen molar-refractivity contribution >= 4 is 11.9 Å². The third-order valence-corrected chi connectivity index (χ3v) is 2.77. The number of carbonyl (C=O) groups is 2. The van der Waals surface area contributed by atoms with Gasteiger partial charge in [-0.05, 0) is 17.7 Å². The fourth-order valence-corrected chi connectivity index (χ4v) is 1.63. The lowest BCUT2D eigenvalue weighted by Crippen LogP contribution is -2.29. The Morgan fingerprint density at radius 3 is 2.32 bits per heavy atom. The molecule has 0 fully saturated rings. The number of hydrogen-bond acceptors (Lipinski definition) is 4. The van der Waals surface area contributed by atoms with E-state index in [2.05, 4.69) is 10.1 Å². The summed E-state index contributed by atoms with van der Waals surface area (Å²) < 4.78 is 9.72. The molecule has 0 aliphatic rings. The summed E-state index contributed by atoms with van der Waals surface area (Å²) in [5.74, 6) is 0.254. The Kier molecular flexibility index (Phi) is 5.85. The average Bonchev–Trinajstić information content (AvgIpc) is 2.46. The molecular weight excluding hydrogens is 246 g/mol. The first-order chi connectivity index (χ1) is 9.10. The van der Waals surface area contributed by atoms with Crippen molar-refractivity contribution in [2.24, 2.45) is 0 Å². The van der Waals surface area contributed by atoms with E-state index in [0.717, 1.165) is 11.3 Å². The molecule has 1 aromatic carbocycles. The van der Waals surface area contributed by atoms with Crippen molar-refractivity contribution in [1.82, 2.24) is 5.32 Å². The van der Waals surface area contributed by atoms with Crippen LogP contribution in [0.25, 0.3) is 0 Å². The van der Waals surface area contributed by atoms with E-state index in [1.807, 2.05) is 12.1 Å². The van der Waals surface area contributed by atoms with Crippen molar-refractivity contribution in [3.63, 3.8) is 0 Å². The van der Waals surface area contributed by atoms with Crippen molar-refractivity contribution in [1.29, 1.82) is 0 Å². The van der Waals surface area contributed by atoms with Crippen molar-refractivity contribution < 1.29 is 19.1 Å². The lowest BCUT2D eigenvalue weighted by molar-refractivity contribution is -0.141.